The van der Waals surface area contributed by atoms with E-state index in [2.05, 4.69) is 29.5 Å². The van der Waals surface area contributed by atoms with E-state index in [9.17, 15) is 14.4 Å². The van der Waals surface area contributed by atoms with Crippen molar-refractivity contribution in [3.8, 4) is 5.75 Å². The van der Waals surface area contributed by atoms with Crippen LogP contribution in [0.25, 0.3) is 0 Å². The van der Waals surface area contributed by atoms with Gasteiger partial charge < -0.3 is 25.0 Å². The number of amides is 2. The first-order chi connectivity index (χ1) is 18.6. The standard InChI is InChI=1S/C29H31ClN4O5/c1-17(2)19-8-6-7-9-21(19)29(28(37)33-22-14-32-25(30)13-20(22)26(35)31-3)15-34(16-29)23-11-10-18(27(36)39-5)12-24(23)38-4/h6-14,17H,15-16H2,1-5H3,(H,31,35)(H,33,37). The SMILES string of the molecule is CNC(=O)c1cc(Cl)ncc1NC(=O)C1(c2ccccc2C(C)C)CN(c2ccc(C(=O)OC)cc2OC)C1. The summed E-state index contributed by atoms with van der Waals surface area (Å²) in [5.41, 5.74) is 2.62. The van der Waals surface area contributed by atoms with Gasteiger partial charge in [-0.25, -0.2) is 9.78 Å². The summed E-state index contributed by atoms with van der Waals surface area (Å²) in [6.45, 7) is 4.85. The van der Waals surface area contributed by atoms with E-state index in [1.54, 1.807) is 18.2 Å². The van der Waals surface area contributed by atoms with Gasteiger partial charge in [0.25, 0.3) is 5.91 Å². The lowest BCUT2D eigenvalue weighted by molar-refractivity contribution is -0.122. The molecular formula is C29H31ClN4O5. The summed E-state index contributed by atoms with van der Waals surface area (Å²) in [6, 6.07) is 14.4. The molecule has 0 saturated carbocycles. The number of esters is 1. The van der Waals surface area contributed by atoms with Gasteiger partial charge in [0.2, 0.25) is 5.91 Å². The number of hydrogen-bond acceptors (Lipinski definition) is 7. The van der Waals surface area contributed by atoms with E-state index in [0.29, 0.717) is 24.4 Å². The first-order valence-corrected chi connectivity index (χ1v) is 12.8. The van der Waals surface area contributed by atoms with Gasteiger partial charge in [-0.3, -0.25) is 9.59 Å². The molecule has 0 aliphatic carbocycles. The van der Waals surface area contributed by atoms with Gasteiger partial charge in [-0.15, -0.1) is 0 Å². The average molecular weight is 551 g/mol. The quantitative estimate of drug-likeness (QED) is 0.316. The zero-order valence-corrected chi connectivity index (χ0v) is 23.3. The van der Waals surface area contributed by atoms with Gasteiger partial charge in [-0.1, -0.05) is 49.7 Å². The first-order valence-electron chi connectivity index (χ1n) is 12.4. The fraction of sp³-hybridized carbons (Fsp3) is 0.310. The third-order valence-electron chi connectivity index (χ3n) is 6.99. The van der Waals surface area contributed by atoms with Crippen molar-refractivity contribution in [3.05, 3.63) is 82.1 Å². The van der Waals surface area contributed by atoms with E-state index < -0.39 is 17.3 Å². The maximum atomic E-state index is 14.1. The Balaban J connectivity index is 1.74. The Labute approximate surface area is 232 Å². The van der Waals surface area contributed by atoms with Gasteiger partial charge in [0.05, 0.1) is 42.9 Å². The monoisotopic (exact) mass is 550 g/mol. The van der Waals surface area contributed by atoms with Crippen molar-refractivity contribution in [1.29, 1.82) is 0 Å². The number of nitrogens with zero attached hydrogens (tertiary/aromatic N) is 2. The van der Waals surface area contributed by atoms with E-state index in [4.69, 9.17) is 21.1 Å². The number of carbonyl (C=O) groups excluding carboxylic acids is 3. The number of carbonyl (C=O) groups is 3. The minimum absolute atomic E-state index is 0.142. The molecule has 1 aliphatic heterocycles. The molecule has 204 valence electrons. The Morgan fingerprint density at radius 3 is 2.44 bits per heavy atom. The average Bonchev–Trinajstić information content (AvgIpc) is 2.92. The molecule has 1 aromatic heterocycles. The summed E-state index contributed by atoms with van der Waals surface area (Å²) in [5, 5.41) is 5.67. The van der Waals surface area contributed by atoms with Crippen molar-refractivity contribution >= 4 is 40.8 Å². The number of methoxy groups -OCH3 is 2. The predicted octanol–water partition coefficient (Wildman–Crippen LogP) is 4.41. The van der Waals surface area contributed by atoms with E-state index >= 15 is 0 Å². The molecule has 3 aromatic rings. The van der Waals surface area contributed by atoms with E-state index in [1.165, 1.54) is 33.5 Å². The molecule has 1 aliphatic rings. The second kappa shape index (κ2) is 11.3. The normalized spacial score (nSPS) is 13.9. The lowest BCUT2D eigenvalue weighted by atomic mass is 9.69. The molecule has 4 rings (SSSR count). The molecule has 0 unspecified atom stereocenters. The van der Waals surface area contributed by atoms with Gasteiger partial charge in [0.1, 0.15) is 16.3 Å². The van der Waals surface area contributed by atoms with Gasteiger partial charge in [-0.2, -0.15) is 0 Å². The van der Waals surface area contributed by atoms with Crippen LogP contribution in [0.2, 0.25) is 5.15 Å². The maximum absolute atomic E-state index is 14.1. The molecule has 2 aromatic carbocycles. The summed E-state index contributed by atoms with van der Waals surface area (Å²) >= 11 is 6.04. The third-order valence-corrected chi connectivity index (χ3v) is 7.19. The molecule has 2 amide bonds. The lowest BCUT2D eigenvalue weighted by Crippen LogP contribution is -2.65. The zero-order chi connectivity index (χ0) is 28.3. The van der Waals surface area contributed by atoms with Crippen molar-refractivity contribution in [2.24, 2.45) is 0 Å². The number of nitrogens with one attached hydrogen (secondary N) is 2. The molecule has 1 fully saturated rings. The van der Waals surface area contributed by atoms with Gasteiger partial charge in [0.15, 0.2) is 0 Å². The van der Waals surface area contributed by atoms with Crippen molar-refractivity contribution in [2.75, 3.05) is 44.6 Å². The van der Waals surface area contributed by atoms with Crippen molar-refractivity contribution in [3.63, 3.8) is 0 Å². The van der Waals surface area contributed by atoms with Crippen LogP contribution >= 0.6 is 11.6 Å². The molecule has 0 spiro atoms. The van der Waals surface area contributed by atoms with Gasteiger partial charge >= 0.3 is 5.97 Å². The highest BCUT2D eigenvalue weighted by Crippen LogP contribution is 2.44. The zero-order valence-electron chi connectivity index (χ0n) is 22.5. The summed E-state index contributed by atoms with van der Waals surface area (Å²) in [6.07, 6.45) is 1.39. The minimum atomic E-state index is -0.938. The number of hydrogen-bond donors (Lipinski definition) is 2. The Bertz CT molecular complexity index is 1420. The predicted molar refractivity (Wildman–Crippen MR) is 150 cm³/mol. The number of benzene rings is 2. The summed E-state index contributed by atoms with van der Waals surface area (Å²) in [5.74, 6) is -0.463. The summed E-state index contributed by atoms with van der Waals surface area (Å²) in [4.78, 5) is 44.8. The van der Waals surface area contributed by atoms with Crippen LogP contribution in [-0.4, -0.2) is 57.1 Å². The van der Waals surface area contributed by atoms with Crippen LogP contribution in [0.3, 0.4) is 0 Å². The Morgan fingerprint density at radius 2 is 1.79 bits per heavy atom. The van der Waals surface area contributed by atoms with E-state index in [1.807, 2.05) is 29.2 Å². The molecule has 2 heterocycles. The number of ether oxygens (including phenoxy) is 2. The molecule has 0 bridgehead atoms. The molecule has 9 nitrogen and oxygen atoms in total. The fourth-order valence-electron chi connectivity index (χ4n) is 4.93. The number of aromatic nitrogens is 1. The molecule has 2 N–H and O–H groups in total. The molecule has 0 atom stereocenters. The van der Waals surface area contributed by atoms with Gasteiger partial charge in [-0.05, 0) is 41.3 Å². The number of anilines is 2. The summed E-state index contributed by atoms with van der Waals surface area (Å²) in [7, 11) is 4.36. The molecular weight excluding hydrogens is 520 g/mol. The second-order valence-corrected chi connectivity index (χ2v) is 10.0. The Kier molecular flexibility index (Phi) is 8.11. The van der Waals surface area contributed by atoms with E-state index in [-0.39, 0.29) is 28.2 Å². The van der Waals surface area contributed by atoms with Crippen LogP contribution in [0, 0.1) is 0 Å². The lowest BCUT2D eigenvalue weighted by Gasteiger charge is -2.51. The largest absolute Gasteiger partial charge is 0.495 e. The minimum Gasteiger partial charge on any atom is -0.495 e. The van der Waals surface area contributed by atoms with Crippen LogP contribution in [0.5, 0.6) is 5.75 Å². The number of pyridine rings is 1. The molecule has 10 heteroatoms. The van der Waals surface area contributed by atoms with Crippen LogP contribution in [0.15, 0.2) is 54.7 Å². The molecule has 0 radical (unpaired) electrons. The Morgan fingerprint density at radius 1 is 1.08 bits per heavy atom. The van der Waals surface area contributed by atoms with Crippen LogP contribution in [0.4, 0.5) is 11.4 Å². The highest BCUT2D eigenvalue weighted by molar-refractivity contribution is 6.30. The smallest absolute Gasteiger partial charge is 0.337 e. The topological polar surface area (TPSA) is 110 Å². The number of halogens is 1. The maximum Gasteiger partial charge on any atom is 0.337 e. The van der Waals surface area contributed by atoms with Crippen molar-refractivity contribution in [2.45, 2.75) is 25.2 Å². The molecule has 39 heavy (non-hydrogen) atoms. The highest BCUT2D eigenvalue weighted by atomic mass is 35.5. The van der Waals surface area contributed by atoms with Crippen LogP contribution in [-0.2, 0) is 14.9 Å². The van der Waals surface area contributed by atoms with Crippen molar-refractivity contribution < 1.29 is 23.9 Å². The summed E-state index contributed by atoms with van der Waals surface area (Å²) < 4.78 is 10.4. The first kappa shape index (κ1) is 27.9. The van der Waals surface area contributed by atoms with Crippen LogP contribution < -0.4 is 20.3 Å². The second-order valence-electron chi connectivity index (χ2n) is 9.64. The highest BCUT2D eigenvalue weighted by Gasteiger charge is 2.52. The fourth-order valence-corrected chi connectivity index (χ4v) is 5.08. The Hall–Kier alpha value is -4.11. The molecule has 1 saturated heterocycles. The van der Waals surface area contributed by atoms with Gasteiger partial charge in [0, 0.05) is 20.1 Å². The number of rotatable bonds is 8. The third kappa shape index (κ3) is 5.27. The van der Waals surface area contributed by atoms with E-state index in [0.717, 1.165) is 16.8 Å². The van der Waals surface area contributed by atoms with Crippen molar-refractivity contribution in [1.82, 2.24) is 10.3 Å². The van der Waals surface area contributed by atoms with Crippen LogP contribution in [0.1, 0.15) is 51.6 Å².